The fourth-order valence-corrected chi connectivity index (χ4v) is 8.83. The zero-order valence-electron chi connectivity index (χ0n) is 24.5. The van der Waals surface area contributed by atoms with E-state index in [1.165, 1.54) is 51.4 Å². The van der Waals surface area contributed by atoms with E-state index in [9.17, 15) is 10.2 Å². The summed E-state index contributed by atoms with van der Waals surface area (Å²) in [5, 5.41) is 27.0. The van der Waals surface area contributed by atoms with E-state index in [1.54, 1.807) is 6.33 Å². The Morgan fingerprint density at radius 3 is 2.68 bits per heavy atom. The van der Waals surface area contributed by atoms with Crippen molar-refractivity contribution in [2.24, 2.45) is 40.9 Å². The van der Waals surface area contributed by atoms with Crippen LogP contribution in [-0.4, -0.2) is 44.5 Å². The van der Waals surface area contributed by atoms with E-state index in [0.717, 1.165) is 55.7 Å². The Morgan fingerprint density at radius 2 is 1.95 bits per heavy atom. The SMILES string of the molecule is CC(C)CCCC(C)[C@@H]1CCCC2C(C[C@@H](NCCc3cnc[nH]3)[C@@]3(O)C[C@@H](O)CC[C@]23C)C(C)CC1. The molecule has 3 aliphatic rings. The number of nitrogens with one attached hydrogen (secondary N) is 2. The maximum absolute atomic E-state index is 12.4. The summed E-state index contributed by atoms with van der Waals surface area (Å²) in [7, 11) is 0. The van der Waals surface area contributed by atoms with Crippen molar-refractivity contribution in [1.82, 2.24) is 15.3 Å². The summed E-state index contributed by atoms with van der Waals surface area (Å²) in [4.78, 5) is 7.36. The highest BCUT2D eigenvalue weighted by molar-refractivity contribution is 5.15. The molecule has 3 fully saturated rings. The molecule has 0 spiro atoms. The van der Waals surface area contributed by atoms with Gasteiger partial charge in [-0.15, -0.1) is 0 Å². The molecule has 0 aliphatic heterocycles. The number of hydrogen-bond donors (Lipinski definition) is 4. The lowest BCUT2D eigenvalue weighted by atomic mass is 9.46. The molecule has 3 aliphatic carbocycles. The lowest BCUT2D eigenvalue weighted by molar-refractivity contribution is -0.219. The van der Waals surface area contributed by atoms with Crippen molar-refractivity contribution < 1.29 is 10.2 Å². The zero-order valence-corrected chi connectivity index (χ0v) is 24.5. The number of fused-ring (bicyclic) bond motifs is 3. The van der Waals surface area contributed by atoms with Crippen LogP contribution >= 0.6 is 0 Å². The number of imidazole rings is 1. The maximum atomic E-state index is 12.4. The number of aromatic nitrogens is 2. The molecule has 212 valence electrons. The van der Waals surface area contributed by atoms with E-state index in [4.69, 9.17) is 0 Å². The highest BCUT2D eigenvalue weighted by atomic mass is 16.3. The molecule has 37 heavy (non-hydrogen) atoms. The van der Waals surface area contributed by atoms with Crippen LogP contribution in [-0.2, 0) is 6.42 Å². The third-order valence-electron chi connectivity index (χ3n) is 11.4. The van der Waals surface area contributed by atoms with E-state index >= 15 is 0 Å². The topological polar surface area (TPSA) is 81.2 Å². The largest absolute Gasteiger partial charge is 0.393 e. The van der Waals surface area contributed by atoms with Crippen molar-refractivity contribution in [2.75, 3.05) is 6.54 Å². The first kappa shape index (κ1) is 29.1. The molecule has 4 unspecified atom stereocenters. The van der Waals surface area contributed by atoms with Gasteiger partial charge in [0.05, 0.1) is 18.0 Å². The van der Waals surface area contributed by atoms with Gasteiger partial charge in [0.1, 0.15) is 0 Å². The molecule has 0 amide bonds. The Labute approximate surface area is 227 Å². The summed E-state index contributed by atoms with van der Waals surface area (Å²) in [6, 6.07) is 0.0329. The lowest BCUT2D eigenvalue weighted by Crippen LogP contribution is -2.70. The monoisotopic (exact) mass is 515 g/mol. The number of aromatic amines is 1. The minimum absolute atomic E-state index is 0.0329. The summed E-state index contributed by atoms with van der Waals surface area (Å²) in [6.07, 6.45) is 18.1. The Kier molecular flexibility index (Phi) is 9.83. The van der Waals surface area contributed by atoms with Crippen LogP contribution in [0, 0.1) is 40.9 Å². The quantitative estimate of drug-likeness (QED) is 0.302. The first-order chi connectivity index (χ1) is 17.6. The van der Waals surface area contributed by atoms with Crippen molar-refractivity contribution in [3.63, 3.8) is 0 Å². The van der Waals surface area contributed by atoms with Crippen LogP contribution in [0.5, 0.6) is 0 Å². The smallest absolute Gasteiger partial charge is 0.0921 e. The minimum Gasteiger partial charge on any atom is -0.393 e. The maximum Gasteiger partial charge on any atom is 0.0921 e. The van der Waals surface area contributed by atoms with Gasteiger partial charge in [0.2, 0.25) is 0 Å². The number of H-pyrrole nitrogens is 1. The molecule has 0 saturated heterocycles. The molecule has 1 aromatic rings. The highest BCUT2D eigenvalue weighted by Gasteiger charge is 2.63. The van der Waals surface area contributed by atoms with Gasteiger partial charge in [-0.05, 0) is 67.6 Å². The second-order valence-electron chi connectivity index (χ2n) is 14.1. The average molecular weight is 516 g/mol. The molecule has 1 heterocycles. The van der Waals surface area contributed by atoms with Gasteiger partial charge in [0, 0.05) is 42.7 Å². The van der Waals surface area contributed by atoms with Gasteiger partial charge in [-0.2, -0.15) is 0 Å². The molecule has 0 aromatic carbocycles. The standard InChI is InChI=1S/C32H57N3O2/c1-22(2)8-6-9-23(3)25-10-7-11-29-28(24(4)12-13-25)18-30(34-17-15-26-20-33-21-35-26)32(37)19-27(36)14-16-31(29,32)5/h20-25,27-30,34,36-37H,6-19H2,1-5H3,(H,33,35)/t23?,24?,25-,27+,28?,29?,30-,31-,32+/m1/s1. The van der Waals surface area contributed by atoms with Crippen LogP contribution in [0.15, 0.2) is 12.5 Å². The predicted molar refractivity (Wildman–Crippen MR) is 152 cm³/mol. The third kappa shape index (κ3) is 6.47. The fraction of sp³-hybridized carbons (Fsp3) is 0.906. The van der Waals surface area contributed by atoms with Gasteiger partial charge in [-0.25, -0.2) is 4.98 Å². The average Bonchev–Trinajstić information content (AvgIpc) is 3.38. The second kappa shape index (κ2) is 12.5. The molecular formula is C32H57N3O2. The Morgan fingerprint density at radius 1 is 1.14 bits per heavy atom. The van der Waals surface area contributed by atoms with E-state index in [0.29, 0.717) is 24.2 Å². The Balaban J connectivity index is 1.49. The van der Waals surface area contributed by atoms with E-state index in [2.05, 4.69) is 49.9 Å². The highest BCUT2D eigenvalue weighted by Crippen LogP contribution is 2.61. The summed E-state index contributed by atoms with van der Waals surface area (Å²) in [5.74, 6) is 4.34. The second-order valence-corrected chi connectivity index (χ2v) is 14.1. The van der Waals surface area contributed by atoms with E-state index in [1.807, 2.05) is 6.20 Å². The Bertz CT molecular complexity index is 813. The number of aliphatic hydroxyl groups excluding tert-OH is 1. The zero-order chi connectivity index (χ0) is 26.6. The summed E-state index contributed by atoms with van der Waals surface area (Å²) in [6.45, 7) is 12.9. The van der Waals surface area contributed by atoms with Gasteiger partial charge >= 0.3 is 0 Å². The third-order valence-corrected chi connectivity index (χ3v) is 11.4. The first-order valence-corrected chi connectivity index (χ1v) is 15.7. The summed E-state index contributed by atoms with van der Waals surface area (Å²) in [5.41, 5.74) is 0.138. The van der Waals surface area contributed by atoms with E-state index < -0.39 is 11.7 Å². The fourth-order valence-electron chi connectivity index (χ4n) is 8.83. The van der Waals surface area contributed by atoms with Crippen LogP contribution < -0.4 is 5.32 Å². The van der Waals surface area contributed by atoms with Crippen molar-refractivity contribution in [1.29, 1.82) is 0 Å². The van der Waals surface area contributed by atoms with Crippen molar-refractivity contribution in [3.05, 3.63) is 18.2 Å². The molecule has 3 saturated carbocycles. The van der Waals surface area contributed by atoms with Gasteiger partial charge in [0.15, 0.2) is 0 Å². The van der Waals surface area contributed by atoms with Crippen molar-refractivity contribution in [2.45, 2.75) is 136 Å². The molecule has 4 rings (SSSR count). The molecule has 0 radical (unpaired) electrons. The summed E-state index contributed by atoms with van der Waals surface area (Å²) >= 11 is 0. The van der Waals surface area contributed by atoms with Crippen LogP contribution in [0.3, 0.4) is 0 Å². The predicted octanol–water partition coefficient (Wildman–Crippen LogP) is 6.51. The Hall–Kier alpha value is -0.910. The molecule has 1 aromatic heterocycles. The van der Waals surface area contributed by atoms with Gasteiger partial charge in [0.25, 0.3) is 0 Å². The first-order valence-electron chi connectivity index (χ1n) is 15.7. The number of aliphatic hydroxyl groups is 2. The van der Waals surface area contributed by atoms with E-state index in [-0.39, 0.29) is 11.5 Å². The van der Waals surface area contributed by atoms with Crippen molar-refractivity contribution >= 4 is 0 Å². The molecular weight excluding hydrogens is 458 g/mol. The number of nitrogens with zero attached hydrogens (tertiary/aromatic N) is 1. The van der Waals surface area contributed by atoms with Crippen LogP contribution in [0.1, 0.15) is 117 Å². The molecule has 4 N–H and O–H groups in total. The normalized spacial score (nSPS) is 39.8. The number of rotatable bonds is 9. The van der Waals surface area contributed by atoms with Crippen LogP contribution in [0.2, 0.25) is 0 Å². The molecule has 0 bridgehead atoms. The molecule has 5 heteroatoms. The lowest BCUT2D eigenvalue weighted by Gasteiger charge is -2.63. The van der Waals surface area contributed by atoms with Gasteiger partial charge in [-0.1, -0.05) is 73.1 Å². The van der Waals surface area contributed by atoms with Gasteiger partial charge in [-0.3, -0.25) is 0 Å². The van der Waals surface area contributed by atoms with Gasteiger partial charge < -0.3 is 20.5 Å². The number of hydrogen-bond acceptors (Lipinski definition) is 4. The minimum atomic E-state index is -0.850. The summed E-state index contributed by atoms with van der Waals surface area (Å²) < 4.78 is 0. The van der Waals surface area contributed by atoms with Crippen LogP contribution in [0.25, 0.3) is 0 Å². The molecule has 9 atom stereocenters. The van der Waals surface area contributed by atoms with Crippen LogP contribution in [0.4, 0.5) is 0 Å². The molecule has 5 nitrogen and oxygen atoms in total. The van der Waals surface area contributed by atoms with Crippen molar-refractivity contribution in [3.8, 4) is 0 Å².